The van der Waals surface area contributed by atoms with Gasteiger partial charge in [0.05, 0.1) is 4.90 Å². The molecule has 5 nitrogen and oxygen atoms in total. The van der Waals surface area contributed by atoms with Crippen molar-refractivity contribution in [2.45, 2.75) is 18.4 Å². The Kier molecular flexibility index (Phi) is 5.75. The standard InChI is InChI=1S/C21H19FN2O3S/c1-15-2-4-16(5-3-15)14-23-21(25)17-6-10-19(11-7-17)24-28(26,27)20-12-8-18(22)9-13-20/h2-13,24H,14H2,1H3,(H,23,25). The van der Waals surface area contributed by atoms with Crippen molar-refractivity contribution in [2.24, 2.45) is 0 Å². The molecule has 0 unspecified atom stereocenters. The molecule has 3 aromatic carbocycles. The van der Waals surface area contributed by atoms with E-state index in [2.05, 4.69) is 10.0 Å². The molecule has 0 bridgehead atoms. The predicted octanol–water partition coefficient (Wildman–Crippen LogP) is 3.86. The molecule has 144 valence electrons. The van der Waals surface area contributed by atoms with Gasteiger partial charge in [0.15, 0.2) is 0 Å². The number of sulfonamides is 1. The third-order valence-corrected chi connectivity index (χ3v) is 5.49. The zero-order chi connectivity index (χ0) is 20.1. The zero-order valence-corrected chi connectivity index (χ0v) is 16.0. The van der Waals surface area contributed by atoms with Gasteiger partial charge in [-0.05, 0) is 61.0 Å². The first-order chi connectivity index (χ1) is 13.3. The van der Waals surface area contributed by atoms with E-state index in [4.69, 9.17) is 0 Å². The van der Waals surface area contributed by atoms with E-state index in [1.54, 1.807) is 0 Å². The van der Waals surface area contributed by atoms with Crippen molar-refractivity contribution in [3.05, 3.63) is 95.3 Å². The molecular formula is C21H19FN2O3S. The fourth-order valence-corrected chi connectivity index (χ4v) is 3.57. The molecule has 3 rings (SSSR count). The minimum atomic E-state index is -3.83. The fourth-order valence-electron chi connectivity index (χ4n) is 2.51. The van der Waals surface area contributed by atoms with Gasteiger partial charge in [-0.3, -0.25) is 9.52 Å². The normalized spacial score (nSPS) is 11.1. The zero-order valence-electron chi connectivity index (χ0n) is 15.1. The Morgan fingerprint density at radius 3 is 2.11 bits per heavy atom. The molecule has 0 atom stereocenters. The first-order valence-electron chi connectivity index (χ1n) is 8.56. The van der Waals surface area contributed by atoms with Gasteiger partial charge in [-0.2, -0.15) is 0 Å². The highest BCUT2D eigenvalue weighted by molar-refractivity contribution is 7.92. The maximum Gasteiger partial charge on any atom is 0.261 e. The van der Waals surface area contributed by atoms with Crippen molar-refractivity contribution >= 4 is 21.6 Å². The van der Waals surface area contributed by atoms with E-state index >= 15 is 0 Å². The van der Waals surface area contributed by atoms with Gasteiger partial charge in [0.1, 0.15) is 5.82 Å². The Morgan fingerprint density at radius 1 is 0.893 bits per heavy atom. The van der Waals surface area contributed by atoms with Gasteiger partial charge in [0.2, 0.25) is 0 Å². The molecular weight excluding hydrogens is 379 g/mol. The Morgan fingerprint density at radius 2 is 1.50 bits per heavy atom. The fraction of sp³-hybridized carbons (Fsp3) is 0.0952. The molecule has 0 aromatic heterocycles. The van der Waals surface area contributed by atoms with Crippen molar-refractivity contribution in [1.29, 1.82) is 0 Å². The molecule has 3 aromatic rings. The van der Waals surface area contributed by atoms with Gasteiger partial charge in [-0.1, -0.05) is 29.8 Å². The maximum absolute atomic E-state index is 13.0. The van der Waals surface area contributed by atoms with Crippen LogP contribution in [0.25, 0.3) is 0 Å². The Hall–Kier alpha value is -3.19. The molecule has 0 spiro atoms. The lowest BCUT2D eigenvalue weighted by Crippen LogP contribution is -2.22. The minimum Gasteiger partial charge on any atom is -0.348 e. The van der Waals surface area contributed by atoms with Crippen molar-refractivity contribution in [2.75, 3.05) is 4.72 Å². The highest BCUT2D eigenvalue weighted by Gasteiger charge is 2.14. The van der Waals surface area contributed by atoms with Crippen molar-refractivity contribution in [3.8, 4) is 0 Å². The number of benzene rings is 3. The summed E-state index contributed by atoms with van der Waals surface area (Å²) in [6, 6.07) is 18.4. The average molecular weight is 398 g/mol. The van der Waals surface area contributed by atoms with E-state index in [0.717, 1.165) is 23.3 Å². The molecule has 28 heavy (non-hydrogen) atoms. The summed E-state index contributed by atoms with van der Waals surface area (Å²) >= 11 is 0. The number of rotatable bonds is 6. The predicted molar refractivity (Wildman–Crippen MR) is 106 cm³/mol. The van der Waals surface area contributed by atoms with Crippen LogP contribution in [0.1, 0.15) is 21.5 Å². The van der Waals surface area contributed by atoms with Crippen LogP contribution in [0.5, 0.6) is 0 Å². The molecule has 0 saturated heterocycles. The summed E-state index contributed by atoms with van der Waals surface area (Å²) < 4.78 is 40.0. The second-order valence-electron chi connectivity index (χ2n) is 6.31. The van der Waals surface area contributed by atoms with E-state index in [-0.39, 0.29) is 10.8 Å². The maximum atomic E-state index is 13.0. The molecule has 0 radical (unpaired) electrons. The summed E-state index contributed by atoms with van der Waals surface area (Å²) in [5, 5.41) is 2.82. The number of hydrogen-bond acceptors (Lipinski definition) is 3. The summed E-state index contributed by atoms with van der Waals surface area (Å²) in [4.78, 5) is 12.2. The quantitative estimate of drug-likeness (QED) is 0.662. The summed E-state index contributed by atoms with van der Waals surface area (Å²) in [7, 11) is -3.83. The Bertz CT molecular complexity index is 1060. The van der Waals surface area contributed by atoms with Gasteiger partial charge in [0.25, 0.3) is 15.9 Å². The number of carbonyl (C=O) groups is 1. The number of nitrogens with one attached hydrogen (secondary N) is 2. The van der Waals surface area contributed by atoms with E-state index < -0.39 is 15.8 Å². The summed E-state index contributed by atoms with van der Waals surface area (Å²) in [6.07, 6.45) is 0. The molecule has 0 heterocycles. The second-order valence-corrected chi connectivity index (χ2v) is 7.99. The van der Waals surface area contributed by atoms with E-state index in [1.807, 2.05) is 31.2 Å². The average Bonchev–Trinajstić information content (AvgIpc) is 2.68. The number of aryl methyl sites for hydroxylation is 1. The number of anilines is 1. The van der Waals surface area contributed by atoms with Gasteiger partial charge in [-0.25, -0.2) is 12.8 Å². The third-order valence-electron chi connectivity index (χ3n) is 4.10. The van der Waals surface area contributed by atoms with Crippen LogP contribution in [-0.4, -0.2) is 14.3 Å². The largest absolute Gasteiger partial charge is 0.348 e. The monoisotopic (exact) mass is 398 g/mol. The molecule has 0 aliphatic rings. The van der Waals surface area contributed by atoms with Crippen molar-refractivity contribution < 1.29 is 17.6 Å². The number of amides is 1. The Balaban J connectivity index is 1.63. The molecule has 0 aliphatic heterocycles. The van der Waals surface area contributed by atoms with Crippen LogP contribution >= 0.6 is 0 Å². The van der Waals surface area contributed by atoms with Crippen LogP contribution < -0.4 is 10.0 Å². The summed E-state index contributed by atoms with van der Waals surface area (Å²) in [6.45, 7) is 2.40. The summed E-state index contributed by atoms with van der Waals surface area (Å²) in [5.74, 6) is -0.770. The SMILES string of the molecule is Cc1ccc(CNC(=O)c2ccc(NS(=O)(=O)c3ccc(F)cc3)cc2)cc1. The van der Waals surface area contributed by atoms with Crippen molar-refractivity contribution in [1.82, 2.24) is 5.32 Å². The Labute approximate surface area is 163 Å². The highest BCUT2D eigenvalue weighted by Crippen LogP contribution is 2.17. The molecule has 0 saturated carbocycles. The minimum absolute atomic E-state index is 0.0474. The van der Waals surface area contributed by atoms with Crippen LogP contribution in [0.4, 0.5) is 10.1 Å². The molecule has 2 N–H and O–H groups in total. The van der Waals surface area contributed by atoms with Crippen LogP contribution in [0, 0.1) is 12.7 Å². The topological polar surface area (TPSA) is 75.3 Å². The third kappa shape index (κ3) is 4.95. The lowest BCUT2D eigenvalue weighted by atomic mass is 10.1. The molecule has 0 aliphatic carbocycles. The molecule has 7 heteroatoms. The van der Waals surface area contributed by atoms with Gasteiger partial charge in [0, 0.05) is 17.8 Å². The molecule has 0 fully saturated rings. The first kappa shape index (κ1) is 19.6. The number of halogens is 1. The van der Waals surface area contributed by atoms with E-state index in [9.17, 15) is 17.6 Å². The van der Waals surface area contributed by atoms with Gasteiger partial charge < -0.3 is 5.32 Å². The summed E-state index contributed by atoms with van der Waals surface area (Å²) in [5.41, 5.74) is 2.85. The smallest absolute Gasteiger partial charge is 0.261 e. The second kappa shape index (κ2) is 8.22. The van der Waals surface area contributed by atoms with Crippen LogP contribution in [0.15, 0.2) is 77.7 Å². The lowest BCUT2D eigenvalue weighted by Gasteiger charge is -2.09. The molecule has 1 amide bonds. The van der Waals surface area contributed by atoms with Crippen LogP contribution in [0.2, 0.25) is 0 Å². The lowest BCUT2D eigenvalue weighted by molar-refractivity contribution is 0.0951. The van der Waals surface area contributed by atoms with Crippen LogP contribution in [-0.2, 0) is 16.6 Å². The van der Waals surface area contributed by atoms with Crippen molar-refractivity contribution in [3.63, 3.8) is 0 Å². The van der Waals surface area contributed by atoms with Crippen LogP contribution in [0.3, 0.4) is 0 Å². The number of carbonyl (C=O) groups excluding carboxylic acids is 1. The number of hydrogen-bond donors (Lipinski definition) is 2. The van der Waals surface area contributed by atoms with E-state index in [1.165, 1.54) is 36.4 Å². The van der Waals surface area contributed by atoms with Gasteiger partial charge in [-0.15, -0.1) is 0 Å². The highest BCUT2D eigenvalue weighted by atomic mass is 32.2. The van der Waals surface area contributed by atoms with Gasteiger partial charge >= 0.3 is 0 Å². The van der Waals surface area contributed by atoms with E-state index in [0.29, 0.717) is 17.8 Å². The first-order valence-corrected chi connectivity index (χ1v) is 10.0.